The molecule has 0 aliphatic rings. The quantitative estimate of drug-likeness (QED) is 0.0637. The van der Waals surface area contributed by atoms with E-state index in [-0.39, 0.29) is 33.9 Å². The monoisotopic (exact) mass is 598 g/mol. The molecule has 7 nitrogen and oxygen atoms in total. The number of allylic oxidation sites excluding steroid dienone is 3. The summed E-state index contributed by atoms with van der Waals surface area (Å²) in [7, 11) is 2.93. The summed E-state index contributed by atoms with van der Waals surface area (Å²) in [6.45, 7) is 1.91. The maximum Gasteiger partial charge on any atom is 0.347 e. The highest BCUT2D eigenvalue weighted by Gasteiger charge is 2.18. The van der Waals surface area contributed by atoms with Gasteiger partial charge in [-0.2, -0.15) is 0 Å². The second-order valence-electron chi connectivity index (χ2n) is 9.52. The first-order chi connectivity index (χ1) is 21.1. The highest BCUT2D eigenvalue weighted by atomic mass is 19.1. The van der Waals surface area contributed by atoms with Crippen molar-refractivity contribution in [3.8, 4) is 34.1 Å². The number of ketones is 1. The Morgan fingerprint density at radius 2 is 1.45 bits per heavy atom. The van der Waals surface area contributed by atoms with Gasteiger partial charge < -0.3 is 24.4 Å². The third-order valence-corrected chi connectivity index (χ3v) is 6.46. The lowest BCUT2D eigenvalue weighted by Crippen LogP contribution is -2.10. The zero-order valence-electron chi connectivity index (χ0n) is 24.0. The van der Waals surface area contributed by atoms with Crippen molar-refractivity contribution in [2.24, 2.45) is 0 Å². The van der Waals surface area contributed by atoms with Gasteiger partial charge in [-0.3, -0.25) is 4.79 Å². The molecule has 0 bridgehead atoms. The Kier molecular flexibility index (Phi) is 9.92. The number of aromatic hydroxyl groups is 1. The van der Waals surface area contributed by atoms with E-state index in [1.54, 1.807) is 19.3 Å². The molecule has 0 saturated heterocycles. The van der Waals surface area contributed by atoms with Crippen molar-refractivity contribution in [3.63, 3.8) is 0 Å². The Labute approximate surface area is 252 Å². The lowest BCUT2D eigenvalue weighted by atomic mass is 10.0. The smallest absolute Gasteiger partial charge is 0.347 e. The molecule has 0 unspecified atom stereocenters. The minimum Gasteiger partial charge on any atom is -0.508 e. The molecular formula is C35H28F2O7. The van der Waals surface area contributed by atoms with E-state index in [2.05, 4.69) is 0 Å². The number of rotatable bonds is 10. The van der Waals surface area contributed by atoms with Gasteiger partial charge in [-0.15, -0.1) is 0 Å². The van der Waals surface area contributed by atoms with E-state index in [1.165, 1.54) is 61.7 Å². The number of carbonyl (C=O) groups is 2. The van der Waals surface area contributed by atoms with Gasteiger partial charge in [0.25, 0.3) is 0 Å². The molecule has 0 aliphatic carbocycles. The van der Waals surface area contributed by atoms with Crippen LogP contribution in [0.3, 0.4) is 0 Å². The van der Waals surface area contributed by atoms with Crippen LogP contribution in [-0.2, 0) is 4.79 Å². The van der Waals surface area contributed by atoms with Crippen LogP contribution in [0.1, 0.15) is 27.0 Å². The molecule has 224 valence electrons. The van der Waals surface area contributed by atoms with E-state index >= 15 is 0 Å². The first-order valence-corrected chi connectivity index (χ1v) is 13.2. The zero-order chi connectivity index (χ0) is 31.8. The molecule has 0 atom stereocenters. The van der Waals surface area contributed by atoms with E-state index in [9.17, 15) is 28.6 Å². The number of ether oxygens (including phenoxy) is 3. The highest BCUT2D eigenvalue weighted by Crippen LogP contribution is 2.32. The van der Waals surface area contributed by atoms with Crippen LogP contribution >= 0.6 is 0 Å². The van der Waals surface area contributed by atoms with Gasteiger partial charge in [-0.05, 0) is 83.8 Å². The standard InChI is InChI=1S/C35H28F2O7/c1-21-4-5-22(16-33(21)42-2)6-11-26(38)20-27(39)12-7-23-8-15-32(34(17-23)43-3)44-35(41)29-18-24(9-14-31(29)40)28-13-10-25(36)19-30(28)37/h4-20,38,40H,1-3H3/b11-6+,12-7+,26-20-. The van der Waals surface area contributed by atoms with E-state index < -0.39 is 29.1 Å². The van der Waals surface area contributed by atoms with E-state index in [4.69, 9.17) is 14.2 Å². The maximum absolute atomic E-state index is 14.3. The molecule has 4 aromatic rings. The molecule has 2 N–H and O–H groups in total. The van der Waals surface area contributed by atoms with Crippen LogP contribution in [0.4, 0.5) is 8.78 Å². The third kappa shape index (κ3) is 7.77. The average molecular weight is 599 g/mol. The summed E-state index contributed by atoms with van der Waals surface area (Å²) >= 11 is 0. The van der Waals surface area contributed by atoms with E-state index in [0.29, 0.717) is 11.3 Å². The van der Waals surface area contributed by atoms with Gasteiger partial charge in [0, 0.05) is 17.7 Å². The molecule has 4 aromatic carbocycles. The van der Waals surface area contributed by atoms with Crippen LogP contribution in [-0.4, -0.2) is 36.2 Å². The second kappa shape index (κ2) is 14.0. The van der Waals surface area contributed by atoms with Crippen LogP contribution in [0.15, 0.2) is 96.8 Å². The van der Waals surface area contributed by atoms with Crippen LogP contribution in [0.5, 0.6) is 23.0 Å². The molecule has 4 rings (SSSR count). The molecule has 0 aromatic heterocycles. The number of methoxy groups -OCH3 is 2. The van der Waals surface area contributed by atoms with Crippen LogP contribution < -0.4 is 14.2 Å². The topological polar surface area (TPSA) is 102 Å². The molecule has 44 heavy (non-hydrogen) atoms. The number of carbonyl (C=O) groups excluding carboxylic acids is 2. The number of aliphatic hydroxyl groups is 1. The van der Waals surface area contributed by atoms with Crippen LogP contribution in [0.2, 0.25) is 0 Å². The molecule has 0 fully saturated rings. The first-order valence-electron chi connectivity index (χ1n) is 13.2. The molecule has 0 aliphatic heterocycles. The van der Waals surface area contributed by atoms with Crippen molar-refractivity contribution >= 4 is 23.9 Å². The van der Waals surface area contributed by atoms with Crippen molar-refractivity contribution in [3.05, 3.63) is 131 Å². The van der Waals surface area contributed by atoms with Crippen molar-refractivity contribution in [1.82, 2.24) is 0 Å². The Hall–Kier alpha value is -5.70. The van der Waals surface area contributed by atoms with E-state index in [1.807, 2.05) is 25.1 Å². The summed E-state index contributed by atoms with van der Waals surface area (Å²) in [5, 5.41) is 20.4. The van der Waals surface area contributed by atoms with Gasteiger partial charge >= 0.3 is 5.97 Å². The number of hydrogen-bond donors (Lipinski definition) is 2. The predicted molar refractivity (Wildman–Crippen MR) is 163 cm³/mol. The normalized spacial score (nSPS) is 11.6. The lowest BCUT2D eigenvalue weighted by molar-refractivity contribution is -0.110. The second-order valence-corrected chi connectivity index (χ2v) is 9.52. The van der Waals surface area contributed by atoms with E-state index in [0.717, 1.165) is 29.3 Å². The largest absolute Gasteiger partial charge is 0.508 e. The number of halogens is 2. The number of phenolic OH excluding ortho intramolecular Hbond substituents is 1. The van der Waals surface area contributed by atoms with Gasteiger partial charge in [-0.1, -0.05) is 36.4 Å². The molecule has 0 radical (unpaired) electrons. The van der Waals surface area contributed by atoms with Crippen LogP contribution in [0, 0.1) is 18.6 Å². The van der Waals surface area contributed by atoms with Gasteiger partial charge in [0.1, 0.15) is 34.5 Å². The van der Waals surface area contributed by atoms with Gasteiger partial charge in [0.2, 0.25) is 0 Å². The molecule has 0 spiro atoms. The molecule has 0 saturated carbocycles. The average Bonchev–Trinajstić information content (AvgIpc) is 3.00. The number of phenols is 1. The van der Waals surface area contributed by atoms with Gasteiger partial charge in [0.05, 0.1) is 14.2 Å². The lowest BCUT2D eigenvalue weighted by Gasteiger charge is -2.12. The fourth-order valence-corrected chi connectivity index (χ4v) is 4.16. The number of esters is 1. The highest BCUT2D eigenvalue weighted by molar-refractivity contribution is 6.02. The molecular weight excluding hydrogens is 570 g/mol. The molecule has 0 heterocycles. The predicted octanol–water partition coefficient (Wildman–Crippen LogP) is 7.62. The number of aryl methyl sites for hydroxylation is 1. The van der Waals surface area contributed by atoms with Crippen molar-refractivity contribution in [1.29, 1.82) is 0 Å². The van der Waals surface area contributed by atoms with Gasteiger partial charge in [-0.25, -0.2) is 13.6 Å². The summed E-state index contributed by atoms with van der Waals surface area (Å²) < 4.78 is 43.6. The molecule has 0 amide bonds. The fourth-order valence-electron chi connectivity index (χ4n) is 4.16. The minimum absolute atomic E-state index is 0.0224. The molecule has 9 heteroatoms. The summed E-state index contributed by atoms with van der Waals surface area (Å²) in [5.41, 5.74) is 2.31. The zero-order valence-corrected chi connectivity index (χ0v) is 24.0. The summed E-state index contributed by atoms with van der Waals surface area (Å²) in [5.74, 6) is -2.76. The number of aliphatic hydroxyl groups excluding tert-OH is 1. The Balaban J connectivity index is 1.45. The third-order valence-electron chi connectivity index (χ3n) is 6.46. The van der Waals surface area contributed by atoms with Gasteiger partial charge in [0.15, 0.2) is 17.3 Å². The van der Waals surface area contributed by atoms with Crippen molar-refractivity contribution < 1.29 is 42.8 Å². The maximum atomic E-state index is 14.3. The summed E-state index contributed by atoms with van der Waals surface area (Å²) in [6.07, 6.45) is 6.83. The summed E-state index contributed by atoms with van der Waals surface area (Å²) in [6, 6.07) is 16.9. The first kappa shape index (κ1) is 31.2. The van der Waals surface area contributed by atoms with Crippen molar-refractivity contribution in [2.45, 2.75) is 6.92 Å². The number of benzene rings is 4. The van der Waals surface area contributed by atoms with Crippen LogP contribution in [0.25, 0.3) is 23.3 Å². The fraction of sp³-hybridized carbons (Fsp3) is 0.0857. The summed E-state index contributed by atoms with van der Waals surface area (Å²) in [4.78, 5) is 25.3. The SMILES string of the molecule is COc1cc(/C=C/C(O)=C/C(=O)/C=C/c2ccc(OC(=O)c3cc(-c4ccc(F)cc4F)ccc3O)c(OC)c2)ccc1C. The number of hydrogen-bond acceptors (Lipinski definition) is 7. The Bertz CT molecular complexity index is 1810. The Morgan fingerprint density at radius 3 is 2.16 bits per heavy atom. The minimum atomic E-state index is -0.943. The Morgan fingerprint density at radius 1 is 0.773 bits per heavy atom. The van der Waals surface area contributed by atoms with Crippen molar-refractivity contribution in [2.75, 3.05) is 14.2 Å².